The van der Waals surface area contributed by atoms with Crippen molar-refractivity contribution in [2.75, 3.05) is 0 Å². The number of aryl methyl sites for hydroxylation is 1. The third-order valence-corrected chi connectivity index (χ3v) is 4.37. The fourth-order valence-electron chi connectivity index (χ4n) is 2.90. The number of hydroxylamine groups is 1. The molecule has 0 fully saturated rings. The summed E-state index contributed by atoms with van der Waals surface area (Å²) in [6.45, 7) is 1.99. The topological polar surface area (TPSA) is 55.7 Å². The average Bonchev–Trinajstić information content (AvgIpc) is 3.17. The van der Waals surface area contributed by atoms with Gasteiger partial charge in [0.05, 0.1) is 11.1 Å². The lowest BCUT2D eigenvalue weighted by molar-refractivity contribution is -0.220. The molecule has 1 atom stereocenters. The van der Waals surface area contributed by atoms with E-state index in [4.69, 9.17) is 4.74 Å². The highest BCUT2D eigenvalue weighted by Gasteiger charge is 2.44. The third kappa shape index (κ3) is 4.00. The van der Waals surface area contributed by atoms with Gasteiger partial charge < -0.3 is 4.74 Å². The van der Waals surface area contributed by atoms with Crippen LogP contribution in [-0.4, -0.2) is 23.2 Å². The zero-order valence-electron chi connectivity index (χ0n) is 15.1. The van der Waals surface area contributed by atoms with Crippen molar-refractivity contribution in [3.8, 4) is 5.88 Å². The predicted molar refractivity (Wildman–Crippen MR) is 97.8 cm³/mol. The number of rotatable bonds is 4. The second-order valence-electron chi connectivity index (χ2n) is 6.49. The number of hydrogen-bond acceptors (Lipinski definition) is 5. The number of nitrogens with one attached hydrogen (secondary N) is 1. The third-order valence-electron chi connectivity index (χ3n) is 4.37. The van der Waals surface area contributed by atoms with Gasteiger partial charge >= 0.3 is 6.18 Å². The Labute approximate surface area is 162 Å². The van der Waals surface area contributed by atoms with Crippen molar-refractivity contribution in [3.63, 3.8) is 0 Å². The van der Waals surface area contributed by atoms with Gasteiger partial charge in [0.15, 0.2) is 5.84 Å². The van der Waals surface area contributed by atoms with E-state index >= 15 is 0 Å². The summed E-state index contributed by atoms with van der Waals surface area (Å²) in [6.07, 6.45) is -7.04. The molecule has 9 heteroatoms. The van der Waals surface area contributed by atoms with Gasteiger partial charge in [-0.15, -0.1) is 0 Å². The van der Waals surface area contributed by atoms with Crippen molar-refractivity contribution in [1.29, 1.82) is 0 Å². The standard InChI is InChI=1S/C20H15F4N3O2/c1-11-3-2-4-13-6-8-16(25-17(11)13)28-10-12-5-7-14(15(21)9-12)18-26-19(29-27-18)20(22,23)24/h2-9,19H,10H2,1H3,(H,26,27). The monoisotopic (exact) mass is 405 g/mol. The Morgan fingerprint density at radius 2 is 1.97 bits per heavy atom. The molecule has 1 N–H and O–H groups in total. The Morgan fingerprint density at radius 1 is 1.14 bits per heavy atom. The quantitative estimate of drug-likeness (QED) is 0.653. The number of aliphatic imine (C=N–C) groups is 1. The number of alkyl halides is 3. The van der Waals surface area contributed by atoms with E-state index in [1.807, 2.05) is 36.7 Å². The number of aromatic nitrogens is 1. The van der Waals surface area contributed by atoms with Crippen molar-refractivity contribution in [2.24, 2.45) is 4.99 Å². The summed E-state index contributed by atoms with van der Waals surface area (Å²) in [6, 6.07) is 13.5. The van der Waals surface area contributed by atoms with Gasteiger partial charge in [0.25, 0.3) is 6.23 Å². The lowest BCUT2D eigenvalue weighted by atomic mass is 10.1. The lowest BCUT2D eigenvalue weighted by Gasteiger charge is -2.09. The summed E-state index contributed by atoms with van der Waals surface area (Å²) in [4.78, 5) is 12.1. The van der Waals surface area contributed by atoms with Crippen LogP contribution in [0.1, 0.15) is 16.7 Å². The van der Waals surface area contributed by atoms with Crippen LogP contribution in [0.4, 0.5) is 17.6 Å². The maximum atomic E-state index is 14.4. The van der Waals surface area contributed by atoms with Crippen molar-refractivity contribution in [1.82, 2.24) is 10.5 Å². The zero-order chi connectivity index (χ0) is 20.6. The summed E-state index contributed by atoms with van der Waals surface area (Å²) in [7, 11) is 0. The molecular formula is C20H15F4N3O2. The molecule has 4 rings (SSSR count). The number of amidine groups is 1. The number of nitrogens with zero attached hydrogens (tertiary/aromatic N) is 2. The molecule has 0 bridgehead atoms. The molecule has 0 saturated heterocycles. The summed E-state index contributed by atoms with van der Waals surface area (Å²) in [5.74, 6) is -0.672. The van der Waals surface area contributed by atoms with Crippen LogP contribution < -0.4 is 10.2 Å². The van der Waals surface area contributed by atoms with Gasteiger partial charge in [-0.1, -0.05) is 24.3 Å². The van der Waals surface area contributed by atoms with Crippen LogP contribution in [0.15, 0.2) is 53.5 Å². The van der Waals surface area contributed by atoms with E-state index in [0.29, 0.717) is 11.4 Å². The number of para-hydroxylation sites is 1. The minimum absolute atomic E-state index is 0.0448. The Balaban J connectivity index is 1.48. The van der Waals surface area contributed by atoms with E-state index in [0.717, 1.165) is 16.5 Å². The molecule has 1 aliphatic heterocycles. The minimum atomic E-state index is -4.68. The molecule has 5 nitrogen and oxygen atoms in total. The van der Waals surface area contributed by atoms with Crippen molar-refractivity contribution in [3.05, 3.63) is 71.0 Å². The second-order valence-corrected chi connectivity index (χ2v) is 6.49. The largest absolute Gasteiger partial charge is 0.473 e. The average molecular weight is 405 g/mol. The molecule has 0 amide bonds. The number of halogens is 4. The van der Waals surface area contributed by atoms with Crippen LogP contribution in [0.25, 0.3) is 10.9 Å². The number of pyridine rings is 1. The van der Waals surface area contributed by atoms with Crippen molar-refractivity contribution in [2.45, 2.75) is 25.9 Å². The molecule has 0 saturated carbocycles. The summed E-state index contributed by atoms with van der Waals surface area (Å²) < 4.78 is 57.9. The highest BCUT2D eigenvalue weighted by atomic mass is 19.4. The maximum absolute atomic E-state index is 14.4. The normalized spacial score (nSPS) is 16.6. The van der Waals surface area contributed by atoms with Gasteiger partial charge in [-0.3, -0.25) is 0 Å². The first-order chi connectivity index (χ1) is 13.8. The van der Waals surface area contributed by atoms with E-state index in [1.54, 1.807) is 6.07 Å². The van der Waals surface area contributed by atoms with Gasteiger partial charge in [-0.2, -0.15) is 13.2 Å². The van der Waals surface area contributed by atoms with Crippen molar-refractivity contribution >= 4 is 16.7 Å². The Morgan fingerprint density at radius 3 is 2.69 bits per heavy atom. The van der Waals surface area contributed by atoms with E-state index in [2.05, 4.69) is 14.8 Å². The van der Waals surface area contributed by atoms with E-state index in [-0.39, 0.29) is 18.0 Å². The fourth-order valence-corrected chi connectivity index (χ4v) is 2.90. The first-order valence-corrected chi connectivity index (χ1v) is 8.65. The Kier molecular flexibility index (Phi) is 4.83. The van der Waals surface area contributed by atoms with Gasteiger partial charge in [0.1, 0.15) is 12.4 Å². The van der Waals surface area contributed by atoms with Gasteiger partial charge in [-0.05, 0) is 36.2 Å². The molecule has 3 aromatic rings. The predicted octanol–water partition coefficient (Wildman–Crippen LogP) is 4.43. The summed E-state index contributed by atoms with van der Waals surface area (Å²) >= 11 is 0. The smallest absolute Gasteiger partial charge is 0.437 e. The highest BCUT2D eigenvalue weighted by molar-refractivity contribution is 5.99. The summed E-state index contributed by atoms with van der Waals surface area (Å²) in [5, 5.41) is 0.983. The molecule has 0 radical (unpaired) electrons. The van der Waals surface area contributed by atoms with Crippen LogP contribution in [0.2, 0.25) is 0 Å². The molecule has 0 spiro atoms. The number of ether oxygens (including phenoxy) is 1. The highest BCUT2D eigenvalue weighted by Crippen LogP contribution is 2.27. The van der Waals surface area contributed by atoms with Crippen LogP contribution >= 0.6 is 0 Å². The molecule has 0 aliphatic carbocycles. The Hall–Kier alpha value is -3.20. The SMILES string of the molecule is Cc1cccc2ccc(OCc3ccc(C4=NC(C(F)(F)F)ON4)c(F)c3)nc12. The zero-order valence-corrected chi connectivity index (χ0v) is 15.1. The summed E-state index contributed by atoms with van der Waals surface area (Å²) in [5.41, 5.74) is 4.21. The molecule has 1 unspecified atom stereocenters. The number of hydrogen-bond donors (Lipinski definition) is 1. The molecule has 1 aromatic heterocycles. The number of benzene rings is 2. The fraction of sp³-hybridized carbons (Fsp3) is 0.200. The molecule has 2 heterocycles. The van der Waals surface area contributed by atoms with E-state index < -0.39 is 18.2 Å². The van der Waals surface area contributed by atoms with Gasteiger partial charge in [-0.25, -0.2) is 24.7 Å². The van der Waals surface area contributed by atoms with Crippen LogP contribution in [0.5, 0.6) is 5.88 Å². The maximum Gasteiger partial charge on any atom is 0.437 e. The van der Waals surface area contributed by atoms with Gasteiger partial charge in [0.2, 0.25) is 5.88 Å². The first kappa shape index (κ1) is 19.1. The molecule has 150 valence electrons. The second kappa shape index (κ2) is 7.32. The lowest BCUT2D eigenvalue weighted by Crippen LogP contribution is -2.29. The number of fused-ring (bicyclic) bond motifs is 1. The van der Waals surface area contributed by atoms with Gasteiger partial charge in [0, 0.05) is 11.5 Å². The van der Waals surface area contributed by atoms with E-state index in [1.165, 1.54) is 18.2 Å². The van der Waals surface area contributed by atoms with Crippen LogP contribution in [-0.2, 0) is 11.4 Å². The van der Waals surface area contributed by atoms with E-state index in [9.17, 15) is 17.6 Å². The van der Waals surface area contributed by atoms with Crippen molar-refractivity contribution < 1.29 is 27.1 Å². The molecule has 29 heavy (non-hydrogen) atoms. The Bertz CT molecular complexity index is 1100. The van der Waals surface area contributed by atoms with Crippen LogP contribution in [0.3, 0.4) is 0 Å². The van der Waals surface area contributed by atoms with Crippen LogP contribution in [0, 0.1) is 12.7 Å². The molecule has 1 aliphatic rings. The molecule has 2 aromatic carbocycles. The minimum Gasteiger partial charge on any atom is -0.473 e. The molecular weight excluding hydrogens is 390 g/mol. The first-order valence-electron chi connectivity index (χ1n) is 8.65.